The maximum Gasteiger partial charge on any atom is 0.296 e. The predicted molar refractivity (Wildman–Crippen MR) is 64.4 cm³/mol. The van der Waals surface area contributed by atoms with E-state index in [9.17, 15) is 10.1 Å². The van der Waals surface area contributed by atoms with Crippen LogP contribution in [0.4, 0.5) is 5.69 Å². The molecule has 0 aliphatic carbocycles. The van der Waals surface area contributed by atoms with E-state index in [1.807, 2.05) is 6.07 Å². The van der Waals surface area contributed by atoms with Crippen LogP contribution in [0.15, 0.2) is 24.5 Å². The third kappa shape index (κ3) is 1.90. The van der Waals surface area contributed by atoms with Gasteiger partial charge in [0.2, 0.25) is 0 Å². The summed E-state index contributed by atoms with van der Waals surface area (Å²) in [6.45, 7) is 1.61. The largest absolute Gasteiger partial charge is 0.296 e. The molecule has 0 unspecified atom stereocenters. The summed E-state index contributed by atoms with van der Waals surface area (Å²) in [7, 11) is 0. The molecular formula is C12H7N5O2. The topological polar surface area (TPSA) is 109 Å². The molecule has 0 amide bonds. The second-order valence-electron chi connectivity index (χ2n) is 3.74. The van der Waals surface area contributed by atoms with E-state index in [2.05, 4.69) is 4.98 Å². The Hall–Kier alpha value is -3.19. The minimum absolute atomic E-state index is 0.0174. The fourth-order valence-corrected chi connectivity index (χ4v) is 1.80. The lowest BCUT2D eigenvalue weighted by Crippen LogP contribution is -2.03. The van der Waals surface area contributed by atoms with Crippen LogP contribution in [0, 0.1) is 39.7 Å². The van der Waals surface area contributed by atoms with Crippen molar-refractivity contribution in [3.05, 3.63) is 51.6 Å². The van der Waals surface area contributed by atoms with Crippen molar-refractivity contribution in [3.8, 4) is 17.8 Å². The molecule has 0 atom stereocenters. The van der Waals surface area contributed by atoms with E-state index in [4.69, 9.17) is 10.5 Å². The highest BCUT2D eigenvalue weighted by molar-refractivity contribution is 5.59. The lowest BCUT2D eigenvalue weighted by Gasteiger charge is -2.06. The van der Waals surface area contributed by atoms with Gasteiger partial charge in [-0.3, -0.25) is 14.7 Å². The number of rotatable bonds is 2. The van der Waals surface area contributed by atoms with Gasteiger partial charge in [0, 0.05) is 5.56 Å². The van der Waals surface area contributed by atoms with Crippen molar-refractivity contribution in [2.24, 2.45) is 0 Å². The smallest absolute Gasteiger partial charge is 0.283 e. The molecule has 0 saturated carbocycles. The van der Waals surface area contributed by atoms with Gasteiger partial charge < -0.3 is 0 Å². The van der Waals surface area contributed by atoms with E-state index in [0.717, 1.165) is 0 Å². The van der Waals surface area contributed by atoms with E-state index < -0.39 is 4.92 Å². The van der Waals surface area contributed by atoms with Gasteiger partial charge in [0.25, 0.3) is 5.69 Å². The van der Waals surface area contributed by atoms with Gasteiger partial charge in [0.1, 0.15) is 24.2 Å². The Kier molecular flexibility index (Phi) is 2.96. The van der Waals surface area contributed by atoms with E-state index >= 15 is 0 Å². The van der Waals surface area contributed by atoms with E-state index in [0.29, 0.717) is 5.56 Å². The normalized spacial score (nSPS) is 9.63. The minimum atomic E-state index is -0.516. The van der Waals surface area contributed by atoms with Crippen LogP contribution in [0.2, 0.25) is 0 Å². The van der Waals surface area contributed by atoms with Gasteiger partial charge in [-0.25, -0.2) is 4.98 Å². The molecule has 1 aromatic carbocycles. The first-order valence-electron chi connectivity index (χ1n) is 5.22. The molecule has 1 aromatic heterocycles. The predicted octanol–water partition coefficient (Wildman–Crippen LogP) is 1.83. The third-order valence-corrected chi connectivity index (χ3v) is 2.64. The molecule has 1 heterocycles. The number of hydrogen-bond acceptors (Lipinski definition) is 5. The molecule has 2 aromatic rings. The van der Waals surface area contributed by atoms with Gasteiger partial charge in [-0.1, -0.05) is 12.1 Å². The van der Waals surface area contributed by atoms with Gasteiger partial charge in [-0.2, -0.15) is 10.5 Å². The van der Waals surface area contributed by atoms with Gasteiger partial charge in [0.05, 0.1) is 4.92 Å². The molecule has 0 spiro atoms. The zero-order chi connectivity index (χ0) is 14.0. The molecule has 0 saturated heterocycles. The number of nitrogens with zero attached hydrogens (tertiary/aromatic N) is 5. The monoisotopic (exact) mass is 253 g/mol. The number of nitro groups is 1. The molecule has 2 rings (SSSR count). The number of aryl methyl sites for hydroxylation is 1. The van der Waals surface area contributed by atoms with E-state index in [1.165, 1.54) is 17.0 Å². The first-order chi connectivity index (χ1) is 9.10. The molecule has 19 heavy (non-hydrogen) atoms. The molecular weight excluding hydrogens is 246 g/mol. The zero-order valence-corrected chi connectivity index (χ0v) is 9.86. The maximum atomic E-state index is 11.1. The number of hydrogen-bond donors (Lipinski definition) is 0. The van der Waals surface area contributed by atoms with Gasteiger partial charge >= 0.3 is 0 Å². The number of aromatic nitrogens is 2. The highest BCUT2D eigenvalue weighted by Crippen LogP contribution is 2.28. The first kappa shape index (κ1) is 12.3. The standard InChI is InChI=1S/C12H7N5O2/c1-8-3-2-4-10(12(8)17(18)19)16-7-15-9(5-13)11(16)6-14/h2-4,7H,1H3. The number of imidazole rings is 1. The number of para-hydroxylation sites is 1. The van der Waals surface area contributed by atoms with Crippen molar-refractivity contribution in [2.75, 3.05) is 0 Å². The minimum Gasteiger partial charge on any atom is -0.283 e. The maximum absolute atomic E-state index is 11.1. The zero-order valence-electron chi connectivity index (χ0n) is 9.86. The molecule has 0 radical (unpaired) electrons. The van der Waals surface area contributed by atoms with Crippen LogP contribution < -0.4 is 0 Å². The Balaban J connectivity index is 2.78. The molecule has 0 aliphatic rings. The Morgan fingerprint density at radius 1 is 1.37 bits per heavy atom. The summed E-state index contributed by atoms with van der Waals surface area (Å²) in [6.07, 6.45) is 1.23. The lowest BCUT2D eigenvalue weighted by atomic mass is 10.1. The van der Waals surface area contributed by atoms with Crippen molar-refractivity contribution in [1.82, 2.24) is 9.55 Å². The average Bonchev–Trinajstić information content (AvgIpc) is 2.80. The third-order valence-electron chi connectivity index (χ3n) is 2.64. The number of benzene rings is 1. The molecule has 0 bridgehead atoms. The first-order valence-corrected chi connectivity index (χ1v) is 5.22. The van der Waals surface area contributed by atoms with Crippen LogP contribution in [-0.2, 0) is 0 Å². The summed E-state index contributed by atoms with van der Waals surface area (Å²) < 4.78 is 1.25. The van der Waals surface area contributed by atoms with Crippen molar-refractivity contribution in [1.29, 1.82) is 10.5 Å². The fraction of sp³-hybridized carbons (Fsp3) is 0.0833. The summed E-state index contributed by atoms with van der Waals surface area (Å²) >= 11 is 0. The van der Waals surface area contributed by atoms with Crippen molar-refractivity contribution in [3.63, 3.8) is 0 Å². The molecule has 0 N–H and O–H groups in total. The van der Waals surface area contributed by atoms with Crippen LogP contribution in [-0.4, -0.2) is 14.5 Å². The van der Waals surface area contributed by atoms with Crippen LogP contribution in [0.1, 0.15) is 17.0 Å². The molecule has 0 fully saturated rings. The summed E-state index contributed by atoms with van der Waals surface area (Å²) in [6, 6.07) is 8.37. The Morgan fingerprint density at radius 3 is 2.68 bits per heavy atom. The Labute approximate surface area is 108 Å². The number of nitro benzene ring substituents is 1. The summed E-state index contributed by atoms with van der Waals surface area (Å²) in [5, 5.41) is 29.0. The Bertz CT molecular complexity index is 748. The summed E-state index contributed by atoms with van der Waals surface area (Å²) in [4.78, 5) is 14.4. The van der Waals surface area contributed by atoms with Crippen LogP contribution in [0.25, 0.3) is 5.69 Å². The van der Waals surface area contributed by atoms with Crippen LogP contribution in [0.3, 0.4) is 0 Å². The van der Waals surface area contributed by atoms with Crippen LogP contribution in [0.5, 0.6) is 0 Å². The molecule has 0 aliphatic heterocycles. The van der Waals surface area contributed by atoms with E-state index in [-0.39, 0.29) is 22.8 Å². The molecule has 7 nitrogen and oxygen atoms in total. The second-order valence-corrected chi connectivity index (χ2v) is 3.74. The summed E-state index contributed by atoms with van der Waals surface area (Å²) in [5.74, 6) is 0. The van der Waals surface area contributed by atoms with E-state index in [1.54, 1.807) is 25.1 Å². The molecule has 92 valence electrons. The van der Waals surface area contributed by atoms with Crippen molar-refractivity contribution >= 4 is 5.69 Å². The van der Waals surface area contributed by atoms with Gasteiger partial charge in [0.15, 0.2) is 11.4 Å². The van der Waals surface area contributed by atoms with Crippen molar-refractivity contribution in [2.45, 2.75) is 6.92 Å². The molecule has 7 heteroatoms. The van der Waals surface area contributed by atoms with Gasteiger partial charge in [-0.05, 0) is 13.0 Å². The summed E-state index contributed by atoms with van der Waals surface area (Å²) in [5.41, 5.74) is 0.504. The SMILES string of the molecule is Cc1cccc(-n2cnc(C#N)c2C#N)c1[N+](=O)[O-]. The fourth-order valence-electron chi connectivity index (χ4n) is 1.80. The average molecular weight is 253 g/mol. The van der Waals surface area contributed by atoms with Crippen LogP contribution >= 0.6 is 0 Å². The Morgan fingerprint density at radius 2 is 2.11 bits per heavy atom. The lowest BCUT2D eigenvalue weighted by molar-refractivity contribution is -0.385. The number of nitriles is 2. The van der Waals surface area contributed by atoms with Crippen molar-refractivity contribution < 1.29 is 4.92 Å². The highest BCUT2D eigenvalue weighted by atomic mass is 16.6. The van der Waals surface area contributed by atoms with Gasteiger partial charge in [-0.15, -0.1) is 0 Å². The highest BCUT2D eigenvalue weighted by Gasteiger charge is 2.21. The quantitative estimate of drug-likeness (QED) is 0.599. The second kappa shape index (κ2) is 4.59.